The number of nitrogens with zero attached hydrogens (tertiary/aromatic N) is 1. The molecule has 0 amide bonds. The first kappa shape index (κ1) is 20.0. The van der Waals surface area contributed by atoms with Crippen LogP contribution in [0.2, 0.25) is 0 Å². The van der Waals surface area contributed by atoms with Gasteiger partial charge in [0, 0.05) is 6.07 Å². The normalized spacial score (nSPS) is 12.1. The van der Waals surface area contributed by atoms with Crippen LogP contribution < -0.4 is 11.1 Å². The number of benzene rings is 1. The largest absolute Gasteiger partial charge is 0.370 e. The zero-order valence-corrected chi connectivity index (χ0v) is 14.8. The third-order valence-electron chi connectivity index (χ3n) is 2.57. The molecule has 0 saturated carbocycles. The highest BCUT2D eigenvalue weighted by molar-refractivity contribution is 14.0. The van der Waals surface area contributed by atoms with Crippen molar-refractivity contribution in [3.63, 3.8) is 0 Å². The van der Waals surface area contributed by atoms with Gasteiger partial charge in [0.15, 0.2) is 15.8 Å². The number of guanidine groups is 1. The fourth-order valence-corrected chi connectivity index (χ4v) is 2.12. The number of halogens is 3. The number of hydrogen-bond acceptors (Lipinski definition) is 3. The maximum absolute atomic E-state index is 13.3. The molecule has 0 aliphatic heterocycles. The molecule has 0 fully saturated rings. The highest BCUT2D eigenvalue weighted by Gasteiger charge is 2.15. The summed E-state index contributed by atoms with van der Waals surface area (Å²) >= 11 is 0. The molecule has 0 bridgehead atoms. The Hall–Kier alpha value is -0.970. The molecule has 0 saturated heterocycles. The van der Waals surface area contributed by atoms with Crippen molar-refractivity contribution in [2.75, 3.05) is 17.6 Å². The van der Waals surface area contributed by atoms with Crippen molar-refractivity contribution in [1.82, 2.24) is 0 Å². The Kier molecular flexibility index (Phi) is 8.08. The predicted octanol–water partition coefficient (Wildman–Crippen LogP) is 2.13. The van der Waals surface area contributed by atoms with Gasteiger partial charge in [-0.25, -0.2) is 17.2 Å². The highest BCUT2D eigenvalue weighted by atomic mass is 127. The average Bonchev–Trinajstić information content (AvgIpc) is 2.33. The minimum atomic E-state index is -3.21. The Morgan fingerprint density at radius 1 is 1.38 bits per heavy atom. The van der Waals surface area contributed by atoms with E-state index in [1.54, 1.807) is 13.8 Å². The van der Waals surface area contributed by atoms with Gasteiger partial charge in [-0.3, -0.25) is 4.99 Å². The van der Waals surface area contributed by atoms with Gasteiger partial charge in [-0.05, 0) is 26.0 Å². The summed E-state index contributed by atoms with van der Waals surface area (Å²) < 4.78 is 49.3. The maximum atomic E-state index is 13.3. The van der Waals surface area contributed by atoms with Crippen molar-refractivity contribution in [2.24, 2.45) is 10.7 Å². The van der Waals surface area contributed by atoms with Gasteiger partial charge in [0.2, 0.25) is 0 Å². The van der Waals surface area contributed by atoms with E-state index in [0.29, 0.717) is 0 Å². The standard InChI is InChI=1S/C12H17F2N3O2S.HI/c1-8(2)20(18,19)6-5-16-12(15)17-11-7-9(13)3-4-10(11)14;/h3-4,7-8H,5-6H2,1-2H3,(H3,15,16,17);1H. The molecule has 5 nitrogen and oxygen atoms in total. The van der Waals surface area contributed by atoms with E-state index in [1.807, 2.05) is 0 Å². The lowest BCUT2D eigenvalue weighted by Crippen LogP contribution is -2.25. The fraction of sp³-hybridized carbons (Fsp3) is 0.417. The van der Waals surface area contributed by atoms with Gasteiger partial charge in [0.1, 0.15) is 11.6 Å². The van der Waals surface area contributed by atoms with Crippen LogP contribution in [-0.4, -0.2) is 31.9 Å². The third kappa shape index (κ3) is 6.55. The first-order chi connectivity index (χ1) is 9.22. The lowest BCUT2D eigenvalue weighted by atomic mass is 10.3. The van der Waals surface area contributed by atoms with Crippen LogP contribution in [0.15, 0.2) is 23.2 Å². The summed E-state index contributed by atoms with van der Waals surface area (Å²) in [5, 5.41) is 1.89. The predicted molar refractivity (Wildman–Crippen MR) is 90.8 cm³/mol. The Labute approximate surface area is 140 Å². The van der Waals surface area contributed by atoms with Crippen molar-refractivity contribution in [3.8, 4) is 0 Å². The second-order valence-electron chi connectivity index (χ2n) is 4.43. The molecule has 1 aromatic rings. The zero-order valence-electron chi connectivity index (χ0n) is 11.6. The Morgan fingerprint density at radius 3 is 2.57 bits per heavy atom. The van der Waals surface area contributed by atoms with Crippen LogP contribution in [0.5, 0.6) is 0 Å². The number of sulfone groups is 1. The summed E-state index contributed by atoms with van der Waals surface area (Å²) in [5.41, 5.74) is 5.33. The molecule has 1 aromatic carbocycles. The summed E-state index contributed by atoms with van der Waals surface area (Å²) in [6.45, 7) is 3.10. The molecule has 9 heteroatoms. The summed E-state index contributed by atoms with van der Waals surface area (Å²) in [6.07, 6.45) is 0. The molecule has 0 aromatic heterocycles. The van der Waals surface area contributed by atoms with E-state index in [2.05, 4.69) is 10.3 Å². The topological polar surface area (TPSA) is 84.5 Å². The Morgan fingerprint density at radius 2 is 2.00 bits per heavy atom. The number of nitrogens with one attached hydrogen (secondary N) is 1. The number of aliphatic imine (C=N–C) groups is 1. The van der Waals surface area contributed by atoms with Gasteiger partial charge in [0.05, 0.1) is 23.2 Å². The fourth-order valence-electron chi connectivity index (χ4n) is 1.30. The molecule has 0 atom stereocenters. The van der Waals surface area contributed by atoms with E-state index in [9.17, 15) is 17.2 Å². The maximum Gasteiger partial charge on any atom is 0.193 e. The highest BCUT2D eigenvalue weighted by Crippen LogP contribution is 2.14. The molecular formula is C12H18F2IN3O2S. The number of anilines is 1. The molecule has 0 spiro atoms. The number of hydrogen-bond donors (Lipinski definition) is 2. The molecule has 0 unspecified atom stereocenters. The van der Waals surface area contributed by atoms with Crippen LogP contribution in [0.25, 0.3) is 0 Å². The van der Waals surface area contributed by atoms with Crippen LogP contribution >= 0.6 is 24.0 Å². The van der Waals surface area contributed by atoms with Crippen LogP contribution in [0.3, 0.4) is 0 Å². The minimum Gasteiger partial charge on any atom is -0.370 e. The first-order valence-electron chi connectivity index (χ1n) is 5.96. The molecular weight excluding hydrogens is 415 g/mol. The minimum absolute atomic E-state index is 0. The van der Waals surface area contributed by atoms with Crippen molar-refractivity contribution >= 4 is 45.5 Å². The molecule has 21 heavy (non-hydrogen) atoms. The third-order valence-corrected chi connectivity index (χ3v) is 4.76. The lowest BCUT2D eigenvalue weighted by molar-refractivity contribution is 0.587. The summed E-state index contributed by atoms with van der Waals surface area (Å²) in [4.78, 5) is 3.77. The van der Waals surface area contributed by atoms with Gasteiger partial charge in [0.25, 0.3) is 0 Å². The van der Waals surface area contributed by atoms with Crippen molar-refractivity contribution in [3.05, 3.63) is 29.8 Å². The van der Waals surface area contributed by atoms with Crippen molar-refractivity contribution < 1.29 is 17.2 Å². The van der Waals surface area contributed by atoms with Gasteiger partial charge in [-0.15, -0.1) is 24.0 Å². The van der Waals surface area contributed by atoms with Crippen LogP contribution in [-0.2, 0) is 9.84 Å². The van der Waals surface area contributed by atoms with E-state index < -0.39 is 26.7 Å². The molecule has 0 aliphatic carbocycles. The zero-order chi connectivity index (χ0) is 15.3. The second-order valence-corrected chi connectivity index (χ2v) is 7.11. The number of nitrogens with two attached hydrogens (primary N) is 1. The molecule has 0 radical (unpaired) electrons. The second kappa shape index (κ2) is 8.47. The van der Waals surface area contributed by atoms with E-state index >= 15 is 0 Å². The van der Waals surface area contributed by atoms with E-state index in [1.165, 1.54) is 0 Å². The van der Waals surface area contributed by atoms with Gasteiger partial charge in [-0.1, -0.05) is 0 Å². The molecule has 3 N–H and O–H groups in total. The van der Waals surface area contributed by atoms with Gasteiger partial charge in [-0.2, -0.15) is 0 Å². The Bertz CT molecular complexity index is 607. The van der Waals surface area contributed by atoms with E-state index in [-0.39, 0.29) is 47.9 Å². The van der Waals surface area contributed by atoms with Gasteiger partial charge >= 0.3 is 0 Å². The lowest BCUT2D eigenvalue weighted by Gasteiger charge is -2.08. The molecule has 120 valence electrons. The molecule has 1 rings (SSSR count). The monoisotopic (exact) mass is 433 g/mol. The average molecular weight is 433 g/mol. The van der Waals surface area contributed by atoms with Crippen molar-refractivity contribution in [2.45, 2.75) is 19.1 Å². The molecule has 0 aliphatic rings. The molecule has 0 heterocycles. The first-order valence-corrected chi connectivity index (χ1v) is 7.67. The van der Waals surface area contributed by atoms with Crippen LogP contribution in [0, 0.1) is 11.6 Å². The number of rotatable bonds is 5. The van der Waals surface area contributed by atoms with E-state index in [4.69, 9.17) is 5.73 Å². The van der Waals surface area contributed by atoms with Crippen LogP contribution in [0.1, 0.15) is 13.8 Å². The van der Waals surface area contributed by atoms with E-state index in [0.717, 1.165) is 18.2 Å². The summed E-state index contributed by atoms with van der Waals surface area (Å²) in [5.74, 6) is -1.63. The SMILES string of the molecule is CC(C)S(=O)(=O)CCN=C(N)Nc1cc(F)ccc1F.I. The van der Waals surface area contributed by atoms with Crippen LogP contribution in [0.4, 0.5) is 14.5 Å². The summed E-state index contributed by atoms with van der Waals surface area (Å²) in [7, 11) is -3.21. The quantitative estimate of drug-likeness (QED) is 0.424. The van der Waals surface area contributed by atoms with Gasteiger partial charge < -0.3 is 11.1 Å². The Balaban J connectivity index is 0.00000400. The van der Waals surface area contributed by atoms with Crippen molar-refractivity contribution in [1.29, 1.82) is 0 Å². The summed E-state index contributed by atoms with van der Waals surface area (Å²) in [6, 6.07) is 2.86. The smallest absolute Gasteiger partial charge is 0.193 e.